The van der Waals surface area contributed by atoms with Crippen LogP contribution in [0.3, 0.4) is 0 Å². The molecule has 2 aromatic rings. The molecule has 106 valence electrons. The van der Waals surface area contributed by atoms with Gasteiger partial charge in [-0.1, -0.05) is 40.2 Å². The molecule has 0 amide bonds. The van der Waals surface area contributed by atoms with Crippen molar-refractivity contribution in [2.75, 3.05) is 7.11 Å². The fourth-order valence-corrected chi connectivity index (χ4v) is 2.65. The topological polar surface area (TPSA) is 21.3 Å². The third kappa shape index (κ3) is 3.84. The first kappa shape index (κ1) is 15.1. The molecule has 0 radical (unpaired) electrons. The predicted octanol–water partition coefficient (Wildman–Crippen LogP) is 4.62. The fraction of sp³-hybridized carbons (Fsp3) is 0.294. The van der Waals surface area contributed by atoms with Crippen LogP contribution in [0.2, 0.25) is 0 Å². The molecule has 20 heavy (non-hydrogen) atoms. The Balaban J connectivity index is 2.07. The smallest absolute Gasteiger partial charge is 0.123 e. The van der Waals surface area contributed by atoms with Crippen molar-refractivity contribution in [3.63, 3.8) is 0 Å². The molecule has 1 atom stereocenters. The number of benzene rings is 2. The zero-order valence-electron chi connectivity index (χ0n) is 12.1. The molecule has 3 heteroatoms. The van der Waals surface area contributed by atoms with E-state index in [0.717, 1.165) is 16.8 Å². The Morgan fingerprint density at radius 2 is 2.00 bits per heavy atom. The van der Waals surface area contributed by atoms with E-state index < -0.39 is 0 Å². The van der Waals surface area contributed by atoms with Crippen LogP contribution in [0.5, 0.6) is 5.75 Å². The molecule has 2 aromatic carbocycles. The van der Waals surface area contributed by atoms with E-state index >= 15 is 0 Å². The van der Waals surface area contributed by atoms with Crippen LogP contribution in [0.25, 0.3) is 0 Å². The van der Waals surface area contributed by atoms with Gasteiger partial charge in [0.2, 0.25) is 0 Å². The van der Waals surface area contributed by atoms with Crippen LogP contribution < -0.4 is 10.1 Å². The number of nitrogens with one attached hydrogen (secondary N) is 1. The molecule has 0 saturated carbocycles. The van der Waals surface area contributed by atoms with Crippen LogP contribution in [-0.2, 0) is 6.54 Å². The summed E-state index contributed by atoms with van der Waals surface area (Å²) < 4.78 is 6.58. The summed E-state index contributed by atoms with van der Waals surface area (Å²) in [6, 6.07) is 14.9. The van der Waals surface area contributed by atoms with Gasteiger partial charge in [-0.3, -0.25) is 0 Å². The summed E-state index contributed by atoms with van der Waals surface area (Å²) in [5, 5.41) is 3.54. The van der Waals surface area contributed by atoms with Crippen molar-refractivity contribution in [2.24, 2.45) is 0 Å². The Kier molecular flexibility index (Phi) is 5.21. The average Bonchev–Trinajstić information content (AvgIpc) is 2.44. The Bertz CT molecular complexity index is 583. The fourth-order valence-electron chi connectivity index (χ4n) is 2.20. The van der Waals surface area contributed by atoms with E-state index in [1.54, 1.807) is 7.11 Å². The van der Waals surface area contributed by atoms with Gasteiger partial charge in [0.05, 0.1) is 7.11 Å². The van der Waals surface area contributed by atoms with Crippen molar-refractivity contribution in [1.29, 1.82) is 0 Å². The zero-order chi connectivity index (χ0) is 14.5. The monoisotopic (exact) mass is 333 g/mol. The van der Waals surface area contributed by atoms with E-state index in [1.165, 1.54) is 16.7 Å². The lowest BCUT2D eigenvalue weighted by Gasteiger charge is -2.18. The van der Waals surface area contributed by atoms with Crippen molar-refractivity contribution in [3.8, 4) is 5.75 Å². The van der Waals surface area contributed by atoms with Gasteiger partial charge in [0.25, 0.3) is 0 Å². The lowest BCUT2D eigenvalue weighted by atomic mass is 10.0. The standard InChI is InChI=1S/C17H20BrNO/c1-12-7-8-16(17(9-12)20-3)13(2)19-11-14-5-4-6-15(18)10-14/h4-10,13,19H,11H2,1-3H3. The number of hydrogen-bond donors (Lipinski definition) is 1. The Morgan fingerprint density at radius 3 is 2.70 bits per heavy atom. The highest BCUT2D eigenvalue weighted by molar-refractivity contribution is 9.10. The molecule has 0 heterocycles. The zero-order valence-corrected chi connectivity index (χ0v) is 13.7. The molecule has 0 aliphatic rings. The molecular weight excluding hydrogens is 314 g/mol. The summed E-state index contributed by atoms with van der Waals surface area (Å²) in [6.45, 7) is 5.06. The van der Waals surface area contributed by atoms with E-state index in [1.807, 2.05) is 6.07 Å². The lowest BCUT2D eigenvalue weighted by Crippen LogP contribution is -2.18. The van der Waals surface area contributed by atoms with E-state index in [9.17, 15) is 0 Å². The van der Waals surface area contributed by atoms with Gasteiger partial charge in [0.15, 0.2) is 0 Å². The summed E-state index contributed by atoms with van der Waals surface area (Å²) >= 11 is 3.50. The first-order valence-electron chi connectivity index (χ1n) is 6.72. The van der Waals surface area contributed by atoms with Crippen LogP contribution in [0.1, 0.15) is 29.7 Å². The lowest BCUT2D eigenvalue weighted by molar-refractivity contribution is 0.401. The van der Waals surface area contributed by atoms with Crippen LogP contribution in [-0.4, -0.2) is 7.11 Å². The first-order valence-corrected chi connectivity index (χ1v) is 7.52. The highest BCUT2D eigenvalue weighted by Crippen LogP contribution is 2.26. The maximum Gasteiger partial charge on any atom is 0.123 e. The first-order chi connectivity index (χ1) is 9.60. The number of ether oxygens (including phenoxy) is 1. The second-order valence-electron chi connectivity index (χ2n) is 4.98. The van der Waals surface area contributed by atoms with E-state index in [4.69, 9.17) is 4.74 Å². The van der Waals surface area contributed by atoms with Gasteiger partial charge in [0.1, 0.15) is 5.75 Å². The highest BCUT2D eigenvalue weighted by atomic mass is 79.9. The maximum atomic E-state index is 5.47. The number of halogens is 1. The largest absolute Gasteiger partial charge is 0.496 e. The molecule has 0 aromatic heterocycles. The number of aryl methyl sites for hydroxylation is 1. The normalized spacial score (nSPS) is 12.2. The molecule has 1 unspecified atom stereocenters. The molecule has 0 saturated heterocycles. The summed E-state index contributed by atoms with van der Waals surface area (Å²) in [7, 11) is 1.72. The van der Waals surface area contributed by atoms with Crippen molar-refractivity contribution < 1.29 is 4.74 Å². The predicted molar refractivity (Wildman–Crippen MR) is 87.1 cm³/mol. The van der Waals surface area contributed by atoms with Crippen molar-refractivity contribution in [2.45, 2.75) is 26.4 Å². The van der Waals surface area contributed by atoms with Crippen LogP contribution >= 0.6 is 15.9 Å². The summed E-state index contributed by atoms with van der Waals surface area (Å²) in [6.07, 6.45) is 0. The molecule has 1 N–H and O–H groups in total. The van der Waals surface area contributed by atoms with E-state index in [-0.39, 0.29) is 6.04 Å². The van der Waals surface area contributed by atoms with Crippen LogP contribution in [0, 0.1) is 6.92 Å². The molecule has 2 nitrogen and oxygen atoms in total. The second kappa shape index (κ2) is 6.91. The average molecular weight is 334 g/mol. The summed E-state index contributed by atoms with van der Waals surface area (Å²) in [5.41, 5.74) is 3.66. The Morgan fingerprint density at radius 1 is 1.20 bits per heavy atom. The number of hydrogen-bond acceptors (Lipinski definition) is 2. The summed E-state index contributed by atoms with van der Waals surface area (Å²) in [4.78, 5) is 0. The Labute approximate surface area is 129 Å². The van der Waals surface area contributed by atoms with Crippen LogP contribution in [0.4, 0.5) is 0 Å². The van der Waals surface area contributed by atoms with E-state index in [2.05, 4.69) is 71.5 Å². The van der Waals surface area contributed by atoms with E-state index in [0.29, 0.717) is 0 Å². The van der Waals surface area contributed by atoms with Gasteiger partial charge in [-0.2, -0.15) is 0 Å². The molecule has 0 spiro atoms. The van der Waals surface area contributed by atoms with Gasteiger partial charge in [0, 0.05) is 22.6 Å². The third-order valence-corrected chi connectivity index (χ3v) is 3.85. The SMILES string of the molecule is COc1cc(C)ccc1C(C)NCc1cccc(Br)c1. The number of rotatable bonds is 5. The van der Waals surface area contributed by atoms with Gasteiger partial charge < -0.3 is 10.1 Å². The van der Waals surface area contributed by atoms with Gasteiger partial charge >= 0.3 is 0 Å². The molecular formula is C17H20BrNO. The minimum Gasteiger partial charge on any atom is -0.496 e. The van der Waals surface area contributed by atoms with Gasteiger partial charge in [-0.25, -0.2) is 0 Å². The maximum absolute atomic E-state index is 5.47. The molecule has 0 aliphatic heterocycles. The van der Waals surface area contributed by atoms with Crippen molar-refractivity contribution in [3.05, 3.63) is 63.6 Å². The minimum atomic E-state index is 0.240. The molecule has 0 fully saturated rings. The summed E-state index contributed by atoms with van der Waals surface area (Å²) in [5.74, 6) is 0.944. The molecule has 0 aliphatic carbocycles. The second-order valence-corrected chi connectivity index (χ2v) is 5.89. The minimum absolute atomic E-state index is 0.240. The van der Waals surface area contributed by atoms with Gasteiger partial charge in [-0.15, -0.1) is 0 Å². The highest BCUT2D eigenvalue weighted by Gasteiger charge is 2.11. The molecule has 0 bridgehead atoms. The van der Waals surface area contributed by atoms with Crippen LogP contribution in [0.15, 0.2) is 46.9 Å². The Hall–Kier alpha value is -1.32. The third-order valence-electron chi connectivity index (χ3n) is 3.36. The van der Waals surface area contributed by atoms with Crippen molar-refractivity contribution >= 4 is 15.9 Å². The number of methoxy groups -OCH3 is 1. The van der Waals surface area contributed by atoms with Crippen molar-refractivity contribution in [1.82, 2.24) is 5.32 Å². The molecule has 2 rings (SSSR count). The quantitative estimate of drug-likeness (QED) is 0.862. The van der Waals surface area contributed by atoms with Gasteiger partial charge in [-0.05, 0) is 43.2 Å².